The molecule has 0 aliphatic heterocycles. The van der Waals surface area contributed by atoms with E-state index in [2.05, 4.69) is 20.6 Å². The second kappa shape index (κ2) is 5.51. The molecule has 0 atom stereocenters. The number of anilines is 3. The third-order valence-electron chi connectivity index (χ3n) is 2.43. The summed E-state index contributed by atoms with van der Waals surface area (Å²) in [7, 11) is 1.36. The molecule has 0 aliphatic rings. The van der Waals surface area contributed by atoms with Gasteiger partial charge in [-0.15, -0.1) is 0 Å². The topological polar surface area (TPSA) is 49.8 Å². The summed E-state index contributed by atoms with van der Waals surface area (Å²) in [6.45, 7) is 0. The molecule has 1 heterocycles. The number of benzene rings is 1. The SMILES string of the molecule is CNc1nc(Nc2ccc(F)c(F)c2)cc(C(F)(F)F)n1. The van der Waals surface area contributed by atoms with Crippen LogP contribution in [0.4, 0.5) is 39.4 Å². The molecule has 0 spiro atoms. The fourth-order valence-corrected chi connectivity index (χ4v) is 1.49. The van der Waals surface area contributed by atoms with Gasteiger partial charge in [0.25, 0.3) is 0 Å². The van der Waals surface area contributed by atoms with Gasteiger partial charge in [0.05, 0.1) is 0 Å². The second-order valence-electron chi connectivity index (χ2n) is 3.96. The number of nitrogens with zero attached hydrogens (tertiary/aromatic N) is 2. The number of hydrogen-bond donors (Lipinski definition) is 2. The Hall–Kier alpha value is -2.45. The van der Waals surface area contributed by atoms with Crippen molar-refractivity contribution >= 4 is 17.5 Å². The molecule has 1 aromatic carbocycles. The van der Waals surface area contributed by atoms with E-state index in [0.717, 1.165) is 12.1 Å². The van der Waals surface area contributed by atoms with E-state index in [1.165, 1.54) is 13.1 Å². The van der Waals surface area contributed by atoms with Gasteiger partial charge in [0.1, 0.15) is 5.82 Å². The van der Waals surface area contributed by atoms with Crippen LogP contribution in [0, 0.1) is 11.6 Å². The van der Waals surface area contributed by atoms with Gasteiger partial charge in [0.15, 0.2) is 17.3 Å². The van der Waals surface area contributed by atoms with Crippen LogP contribution < -0.4 is 10.6 Å². The summed E-state index contributed by atoms with van der Waals surface area (Å²) >= 11 is 0. The predicted molar refractivity (Wildman–Crippen MR) is 66.2 cm³/mol. The van der Waals surface area contributed by atoms with E-state index in [1.807, 2.05) is 0 Å². The van der Waals surface area contributed by atoms with Crippen LogP contribution in [0.15, 0.2) is 24.3 Å². The molecule has 9 heteroatoms. The van der Waals surface area contributed by atoms with Crippen molar-refractivity contribution in [1.82, 2.24) is 9.97 Å². The molecule has 4 nitrogen and oxygen atoms in total. The van der Waals surface area contributed by atoms with Crippen LogP contribution in [0.25, 0.3) is 0 Å². The third kappa shape index (κ3) is 3.56. The summed E-state index contributed by atoms with van der Waals surface area (Å²) < 4.78 is 63.9. The van der Waals surface area contributed by atoms with Gasteiger partial charge in [-0.2, -0.15) is 18.2 Å². The van der Waals surface area contributed by atoms with Gasteiger partial charge < -0.3 is 10.6 Å². The van der Waals surface area contributed by atoms with E-state index in [1.54, 1.807) is 0 Å². The lowest BCUT2D eigenvalue weighted by atomic mass is 10.3. The summed E-state index contributed by atoms with van der Waals surface area (Å²) in [6.07, 6.45) is -4.65. The van der Waals surface area contributed by atoms with Crippen LogP contribution in [0.3, 0.4) is 0 Å². The fourth-order valence-electron chi connectivity index (χ4n) is 1.49. The van der Waals surface area contributed by atoms with Gasteiger partial charge in [-0.1, -0.05) is 0 Å². The normalized spacial score (nSPS) is 11.3. The predicted octanol–water partition coefficient (Wildman–Crippen LogP) is 3.56. The molecule has 0 unspecified atom stereocenters. The number of rotatable bonds is 3. The molecule has 0 aliphatic carbocycles. The molecule has 0 saturated carbocycles. The molecule has 2 aromatic rings. The Kier molecular flexibility index (Phi) is 3.92. The van der Waals surface area contributed by atoms with Crippen molar-refractivity contribution in [3.8, 4) is 0 Å². The third-order valence-corrected chi connectivity index (χ3v) is 2.43. The molecule has 0 bridgehead atoms. The largest absolute Gasteiger partial charge is 0.433 e. The lowest BCUT2D eigenvalue weighted by molar-refractivity contribution is -0.141. The maximum absolute atomic E-state index is 13.1. The first-order valence-corrected chi connectivity index (χ1v) is 5.65. The van der Waals surface area contributed by atoms with E-state index >= 15 is 0 Å². The van der Waals surface area contributed by atoms with Crippen LogP contribution in [0.2, 0.25) is 0 Å². The lowest BCUT2D eigenvalue weighted by Gasteiger charge is -2.11. The summed E-state index contributed by atoms with van der Waals surface area (Å²) in [5, 5.41) is 4.85. The van der Waals surface area contributed by atoms with Gasteiger partial charge in [-0.3, -0.25) is 0 Å². The number of halogens is 5. The Morgan fingerprint density at radius 1 is 1.00 bits per heavy atom. The fraction of sp³-hybridized carbons (Fsp3) is 0.167. The number of alkyl halides is 3. The first-order chi connectivity index (χ1) is 9.79. The quantitative estimate of drug-likeness (QED) is 0.851. The smallest absolute Gasteiger partial charge is 0.357 e. The molecule has 0 saturated heterocycles. The van der Waals surface area contributed by atoms with Gasteiger partial charge in [0.2, 0.25) is 5.95 Å². The van der Waals surface area contributed by atoms with Crippen molar-refractivity contribution in [3.05, 3.63) is 41.6 Å². The van der Waals surface area contributed by atoms with Crippen molar-refractivity contribution in [1.29, 1.82) is 0 Å². The van der Waals surface area contributed by atoms with Gasteiger partial charge >= 0.3 is 6.18 Å². The summed E-state index contributed by atoms with van der Waals surface area (Å²) in [5.74, 6) is -2.64. The van der Waals surface area contributed by atoms with Gasteiger partial charge in [0, 0.05) is 24.9 Å². The van der Waals surface area contributed by atoms with Crippen LogP contribution in [-0.2, 0) is 6.18 Å². The van der Waals surface area contributed by atoms with Crippen LogP contribution in [-0.4, -0.2) is 17.0 Å². The lowest BCUT2D eigenvalue weighted by Crippen LogP contribution is -2.12. The average Bonchev–Trinajstić information content (AvgIpc) is 2.41. The highest BCUT2D eigenvalue weighted by Crippen LogP contribution is 2.30. The Balaban J connectivity index is 2.36. The standard InChI is InChI=1S/C12H9F5N4/c1-18-11-20-9(12(15,16)17)5-10(21-11)19-6-2-3-7(13)8(14)4-6/h2-5H,1H3,(H2,18,19,20,21). The molecule has 112 valence electrons. The molecule has 0 amide bonds. The van der Waals surface area contributed by atoms with E-state index in [9.17, 15) is 22.0 Å². The molecule has 0 fully saturated rings. The Bertz CT molecular complexity index is 657. The zero-order chi connectivity index (χ0) is 15.6. The van der Waals surface area contributed by atoms with Gasteiger partial charge in [-0.25, -0.2) is 13.8 Å². The molecular formula is C12H9F5N4. The van der Waals surface area contributed by atoms with Gasteiger partial charge in [-0.05, 0) is 12.1 Å². The zero-order valence-electron chi connectivity index (χ0n) is 10.6. The minimum Gasteiger partial charge on any atom is -0.357 e. The molecule has 2 rings (SSSR count). The monoisotopic (exact) mass is 304 g/mol. The Morgan fingerprint density at radius 3 is 2.29 bits per heavy atom. The average molecular weight is 304 g/mol. The molecule has 1 aromatic heterocycles. The molecule has 0 radical (unpaired) electrons. The zero-order valence-corrected chi connectivity index (χ0v) is 10.6. The maximum Gasteiger partial charge on any atom is 0.433 e. The molecule has 2 N–H and O–H groups in total. The summed E-state index contributed by atoms with van der Waals surface area (Å²) in [6, 6.07) is 3.50. The maximum atomic E-state index is 13.1. The van der Waals surface area contributed by atoms with Crippen molar-refractivity contribution in [2.75, 3.05) is 17.7 Å². The van der Waals surface area contributed by atoms with Crippen LogP contribution >= 0.6 is 0 Å². The minimum atomic E-state index is -4.65. The van der Waals surface area contributed by atoms with E-state index in [4.69, 9.17) is 0 Å². The highest BCUT2D eigenvalue weighted by atomic mass is 19.4. The number of hydrogen-bond acceptors (Lipinski definition) is 4. The Morgan fingerprint density at radius 2 is 1.71 bits per heavy atom. The van der Waals surface area contributed by atoms with E-state index < -0.39 is 23.5 Å². The minimum absolute atomic E-state index is 0.0581. The van der Waals surface area contributed by atoms with Crippen molar-refractivity contribution in [2.24, 2.45) is 0 Å². The van der Waals surface area contributed by atoms with E-state index in [0.29, 0.717) is 6.07 Å². The number of nitrogens with one attached hydrogen (secondary N) is 2. The van der Waals surface area contributed by atoms with Crippen molar-refractivity contribution in [2.45, 2.75) is 6.18 Å². The van der Waals surface area contributed by atoms with Crippen LogP contribution in [0.5, 0.6) is 0 Å². The summed E-state index contributed by atoms with van der Waals surface area (Å²) in [5.41, 5.74) is -1.10. The highest BCUT2D eigenvalue weighted by molar-refractivity contribution is 5.57. The Labute approximate surface area is 116 Å². The highest BCUT2D eigenvalue weighted by Gasteiger charge is 2.33. The van der Waals surface area contributed by atoms with Crippen molar-refractivity contribution in [3.63, 3.8) is 0 Å². The second-order valence-corrected chi connectivity index (χ2v) is 3.96. The van der Waals surface area contributed by atoms with Crippen LogP contribution in [0.1, 0.15) is 5.69 Å². The van der Waals surface area contributed by atoms with E-state index in [-0.39, 0.29) is 17.5 Å². The number of aromatic nitrogens is 2. The van der Waals surface area contributed by atoms with Crippen molar-refractivity contribution < 1.29 is 22.0 Å². The first-order valence-electron chi connectivity index (χ1n) is 5.65. The molecular weight excluding hydrogens is 295 g/mol. The summed E-state index contributed by atoms with van der Waals surface area (Å²) in [4.78, 5) is 7.04. The molecule has 21 heavy (non-hydrogen) atoms. The first kappa shape index (κ1) is 14.9.